The van der Waals surface area contributed by atoms with Gasteiger partial charge in [0.15, 0.2) is 0 Å². The van der Waals surface area contributed by atoms with Gasteiger partial charge < -0.3 is 15.0 Å². The van der Waals surface area contributed by atoms with E-state index in [2.05, 4.69) is 34.5 Å². The lowest BCUT2D eigenvalue weighted by Crippen LogP contribution is -2.44. The second-order valence-corrected chi connectivity index (χ2v) is 11.7. The van der Waals surface area contributed by atoms with Gasteiger partial charge in [-0.05, 0) is 69.4 Å². The topological polar surface area (TPSA) is 74.8 Å². The first-order valence-corrected chi connectivity index (χ1v) is 14.9. The van der Waals surface area contributed by atoms with Crippen LogP contribution < -0.4 is 10.1 Å². The Bertz CT molecular complexity index is 1230. The molecule has 2 saturated heterocycles. The molecule has 2 fully saturated rings. The van der Waals surface area contributed by atoms with E-state index in [0.29, 0.717) is 24.3 Å². The van der Waals surface area contributed by atoms with Crippen molar-refractivity contribution in [1.29, 1.82) is 0 Å². The van der Waals surface area contributed by atoms with Crippen LogP contribution in [0.5, 0.6) is 5.75 Å². The monoisotopic (exact) mass is 546 g/mol. The molecule has 3 heterocycles. The van der Waals surface area contributed by atoms with Gasteiger partial charge in [0, 0.05) is 55.6 Å². The van der Waals surface area contributed by atoms with Crippen molar-refractivity contribution in [3.63, 3.8) is 0 Å². The van der Waals surface area contributed by atoms with Gasteiger partial charge in [-0.25, -0.2) is 4.98 Å². The van der Waals surface area contributed by atoms with Crippen LogP contribution in [0.2, 0.25) is 0 Å². The molecule has 0 radical (unpaired) electrons. The number of nitrogens with zero attached hydrogens (tertiary/aromatic N) is 3. The highest BCUT2D eigenvalue weighted by Crippen LogP contribution is 2.31. The maximum absolute atomic E-state index is 13.0. The minimum atomic E-state index is -0.0727. The van der Waals surface area contributed by atoms with Crippen LogP contribution in [0.15, 0.2) is 60.0 Å². The molecule has 2 aliphatic heterocycles. The lowest BCUT2D eigenvalue weighted by Gasteiger charge is -2.32. The number of likely N-dealkylation sites (tertiary alicyclic amines) is 2. The van der Waals surface area contributed by atoms with Crippen LogP contribution in [0.25, 0.3) is 0 Å². The third kappa shape index (κ3) is 7.25. The fraction of sp³-hybridized carbons (Fsp3) is 0.452. The molecule has 0 bridgehead atoms. The Morgan fingerprint density at radius 1 is 0.974 bits per heavy atom. The minimum absolute atomic E-state index is 0.0542. The molecule has 39 heavy (non-hydrogen) atoms. The summed E-state index contributed by atoms with van der Waals surface area (Å²) in [6.07, 6.45) is 3.72. The molecular formula is C31H38N4O3S. The van der Waals surface area contributed by atoms with Crippen LogP contribution in [0, 0.1) is 0 Å². The average Bonchev–Trinajstić information content (AvgIpc) is 3.45. The Kier molecular flexibility index (Phi) is 8.94. The highest BCUT2D eigenvalue weighted by Gasteiger charge is 2.28. The van der Waals surface area contributed by atoms with E-state index < -0.39 is 0 Å². The first kappa shape index (κ1) is 27.3. The van der Waals surface area contributed by atoms with Gasteiger partial charge in [-0.2, -0.15) is 0 Å². The molecule has 0 saturated carbocycles. The molecule has 7 nitrogen and oxygen atoms in total. The van der Waals surface area contributed by atoms with E-state index in [1.54, 1.807) is 11.3 Å². The van der Waals surface area contributed by atoms with Crippen molar-refractivity contribution in [2.75, 3.05) is 26.2 Å². The largest absolute Gasteiger partial charge is 0.491 e. The maximum atomic E-state index is 13.0. The van der Waals surface area contributed by atoms with Crippen molar-refractivity contribution in [2.45, 2.75) is 64.1 Å². The minimum Gasteiger partial charge on any atom is -0.491 e. The van der Waals surface area contributed by atoms with Gasteiger partial charge in [0.05, 0.1) is 11.1 Å². The first-order valence-electron chi connectivity index (χ1n) is 14.0. The molecule has 2 aliphatic rings. The summed E-state index contributed by atoms with van der Waals surface area (Å²) in [4.78, 5) is 35.0. The number of piperidine rings is 2. The summed E-state index contributed by atoms with van der Waals surface area (Å²) in [5.74, 6) is 1.04. The predicted molar refractivity (Wildman–Crippen MR) is 154 cm³/mol. The van der Waals surface area contributed by atoms with Crippen molar-refractivity contribution in [3.05, 3.63) is 81.8 Å². The van der Waals surface area contributed by atoms with Crippen molar-refractivity contribution in [1.82, 2.24) is 20.1 Å². The number of hydrogen-bond acceptors (Lipinski definition) is 6. The van der Waals surface area contributed by atoms with Crippen LogP contribution in [-0.2, 0) is 6.54 Å². The molecule has 5 rings (SSSR count). The molecule has 206 valence electrons. The molecule has 3 aromatic rings. The van der Waals surface area contributed by atoms with Gasteiger partial charge >= 0.3 is 0 Å². The average molecular weight is 547 g/mol. The number of benzene rings is 2. The number of nitrogens with one attached hydrogen (secondary N) is 1. The molecule has 0 atom stereocenters. The molecule has 0 aliphatic carbocycles. The molecular weight excluding hydrogens is 508 g/mol. The second kappa shape index (κ2) is 12.7. The summed E-state index contributed by atoms with van der Waals surface area (Å²) in [6.45, 7) is 8.27. The highest BCUT2D eigenvalue weighted by atomic mass is 32.1. The summed E-state index contributed by atoms with van der Waals surface area (Å²) >= 11 is 1.56. The number of aromatic nitrogens is 1. The van der Waals surface area contributed by atoms with Gasteiger partial charge in [-0.3, -0.25) is 14.5 Å². The number of rotatable bonds is 8. The quantitative estimate of drug-likeness (QED) is 0.413. The molecule has 2 aromatic carbocycles. The molecule has 0 spiro atoms. The lowest BCUT2D eigenvalue weighted by atomic mass is 9.97. The normalized spacial score (nSPS) is 17.4. The van der Waals surface area contributed by atoms with Crippen molar-refractivity contribution in [2.24, 2.45) is 0 Å². The Balaban J connectivity index is 1.07. The summed E-state index contributed by atoms with van der Waals surface area (Å²) in [7, 11) is 0. The van der Waals surface area contributed by atoms with E-state index in [1.807, 2.05) is 54.5 Å². The van der Waals surface area contributed by atoms with Crippen LogP contribution >= 0.6 is 11.3 Å². The summed E-state index contributed by atoms with van der Waals surface area (Å²) in [5, 5.41) is 6.09. The first-order chi connectivity index (χ1) is 18.9. The Hall–Kier alpha value is -3.23. The van der Waals surface area contributed by atoms with Crippen LogP contribution in [0.3, 0.4) is 0 Å². The van der Waals surface area contributed by atoms with Crippen LogP contribution in [0.4, 0.5) is 0 Å². The van der Waals surface area contributed by atoms with E-state index in [4.69, 9.17) is 9.72 Å². The van der Waals surface area contributed by atoms with Crippen molar-refractivity contribution in [3.8, 4) is 5.75 Å². The number of ether oxygens (including phenoxy) is 1. The molecule has 1 aromatic heterocycles. The highest BCUT2D eigenvalue weighted by molar-refractivity contribution is 7.09. The summed E-state index contributed by atoms with van der Waals surface area (Å²) in [5.41, 5.74) is 2.53. The second-order valence-electron chi connectivity index (χ2n) is 10.8. The zero-order chi connectivity index (χ0) is 27.2. The van der Waals surface area contributed by atoms with Gasteiger partial charge in [0.1, 0.15) is 11.4 Å². The van der Waals surface area contributed by atoms with Gasteiger partial charge in [0.2, 0.25) is 0 Å². The number of amides is 2. The number of carbonyl (C=O) groups excluding carboxylic acids is 2. The summed E-state index contributed by atoms with van der Waals surface area (Å²) < 4.78 is 5.68. The van der Waals surface area contributed by atoms with Crippen molar-refractivity contribution < 1.29 is 14.3 Å². The van der Waals surface area contributed by atoms with E-state index in [0.717, 1.165) is 56.1 Å². The SMILES string of the molecule is CC(C)Oc1ccc(C(=O)N2CCC(c3nc(C(=O)NC4CCN(Cc5ccccc5)CC4)cs3)CC2)cc1. The van der Waals surface area contributed by atoms with Crippen molar-refractivity contribution >= 4 is 23.2 Å². The lowest BCUT2D eigenvalue weighted by molar-refractivity contribution is 0.0713. The van der Waals surface area contributed by atoms with E-state index in [1.165, 1.54) is 5.56 Å². The molecule has 8 heteroatoms. The fourth-order valence-electron chi connectivity index (χ4n) is 5.38. The van der Waals surface area contributed by atoms with Gasteiger partial charge in [0.25, 0.3) is 11.8 Å². The number of carbonyl (C=O) groups is 2. The van der Waals surface area contributed by atoms with Crippen LogP contribution in [0.1, 0.15) is 76.9 Å². The number of hydrogen-bond donors (Lipinski definition) is 1. The van der Waals surface area contributed by atoms with Gasteiger partial charge in [-0.15, -0.1) is 11.3 Å². The Morgan fingerprint density at radius 2 is 1.67 bits per heavy atom. The Morgan fingerprint density at radius 3 is 2.33 bits per heavy atom. The summed E-state index contributed by atoms with van der Waals surface area (Å²) in [6, 6.07) is 18.1. The predicted octanol–water partition coefficient (Wildman–Crippen LogP) is 5.34. The van der Waals surface area contributed by atoms with E-state index >= 15 is 0 Å². The Labute approximate surface area is 235 Å². The van der Waals surface area contributed by atoms with Crippen LogP contribution in [-0.4, -0.2) is 64.9 Å². The third-order valence-electron chi connectivity index (χ3n) is 7.53. The standard InChI is InChI=1S/C31H38N4O3S/c1-22(2)38-27-10-8-25(9-11-27)31(37)35-18-12-24(13-19-35)30-33-28(21-39-30)29(36)32-26-14-16-34(17-15-26)20-23-6-4-3-5-7-23/h3-11,21-22,24,26H,12-20H2,1-2H3,(H,32,36). The third-order valence-corrected chi connectivity index (χ3v) is 8.54. The molecule has 0 unspecified atom stereocenters. The zero-order valence-corrected chi connectivity index (χ0v) is 23.7. The fourth-order valence-corrected chi connectivity index (χ4v) is 6.35. The van der Waals surface area contributed by atoms with E-state index in [9.17, 15) is 9.59 Å². The smallest absolute Gasteiger partial charge is 0.270 e. The van der Waals surface area contributed by atoms with Gasteiger partial charge in [-0.1, -0.05) is 30.3 Å². The molecule has 2 amide bonds. The van der Waals surface area contributed by atoms with E-state index in [-0.39, 0.29) is 29.9 Å². The molecule has 1 N–H and O–H groups in total. The zero-order valence-electron chi connectivity index (χ0n) is 22.8. The maximum Gasteiger partial charge on any atom is 0.270 e. The number of thiazole rings is 1.